The maximum absolute atomic E-state index is 9.77. The summed E-state index contributed by atoms with van der Waals surface area (Å²) < 4.78 is 0. The Kier molecular flexibility index (Phi) is 4.36. The smallest absolute Gasteiger partial charge is 0.118 e. The van der Waals surface area contributed by atoms with Crippen molar-refractivity contribution in [3.63, 3.8) is 0 Å². The normalized spacial score (nSPS) is 11.8. The summed E-state index contributed by atoms with van der Waals surface area (Å²) in [6, 6.07) is 5.98. The summed E-state index contributed by atoms with van der Waals surface area (Å²) in [6.07, 6.45) is 1.97. The van der Waals surface area contributed by atoms with Crippen molar-refractivity contribution in [1.82, 2.24) is 5.32 Å². The Labute approximate surface area is 98.7 Å². The molecule has 0 amide bonds. The lowest BCUT2D eigenvalue weighted by Crippen LogP contribution is -2.16. The zero-order chi connectivity index (χ0) is 12.2. The Hall–Kier alpha value is -1.02. The Morgan fingerprint density at radius 3 is 2.56 bits per heavy atom. The highest BCUT2D eigenvalue weighted by molar-refractivity contribution is 5.39. The van der Waals surface area contributed by atoms with Gasteiger partial charge < -0.3 is 10.4 Å². The fraction of sp³-hybridized carbons (Fsp3) is 0.571. The highest BCUT2D eigenvalue weighted by Gasteiger charge is 2.18. The van der Waals surface area contributed by atoms with Gasteiger partial charge in [0.15, 0.2) is 0 Å². The van der Waals surface area contributed by atoms with E-state index < -0.39 is 0 Å². The van der Waals surface area contributed by atoms with E-state index in [1.165, 1.54) is 5.56 Å². The minimum atomic E-state index is 0.183. The maximum atomic E-state index is 9.77. The lowest BCUT2D eigenvalue weighted by atomic mass is 9.81. The van der Waals surface area contributed by atoms with Gasteiger partial charge in [-0.2, -0.15) is 0 Å². The molecule has 0 aliphatic heterocycles. The first kappa shape index (κ1) is 13.0. The molecule has 0 aliphatic carbocycles. The number of nitrogens with one attached hydrogen (secondary N) is 1. The lowest BCUT2D eigenvalue weighted by molar-refractivity contribution is 0.463. The van der Waals surface area contributed by atoms with Crippen LogP contribution in [0.3, 0.4) is 0 Å². The van der Waals surface area contributed by atoms with Crippen LogP contribution in [-0.2, 0) is 11.8 Å². The topological polar surface area (TPSA) is 32.3 Å². The minimum Gasteiger partial charge on any atom is -0.508 e. The van der Waals surface area contributed by atoms with Crippen LogP contribution in [0.15, 0.2) is 18.2 Å². The second kappa shape index (κ2) is 5.35. The van der Waals surface area contributed by atoms with Crippen LogP contribution in [0.2, 0.25) is 0 Å². The van der Waals surface area contributed by atoms with Crippen molar-refractivity contribution in [3.8, 4) is 5.75 Å². The molecule has 0 unspecified atom stereocenters. The minimum absolute atomic E-state index is 0.183. The molecule has 2 heteroatoms. The molecule has 2 N–H and O–H groups in total. The van der Waals surface area contributed by atoms with Gasteiger partial charge in [-0.3, -0.25) is 0 Å². The van der Waals surface area contributed by atoms with E-state index in [1.54, 1.807) is 0 Å². The van der Waals surface area contributed by atoms with E-state index >= 15 is 0 Å². The molecular weight excluding hydrogens is 198 g/mol. The number of phenols is 1. The summed E-state index contributed by atoms with van der Waals surface area (Å²) in [5.74, 6) is 0.408. The van der Waals surface area contributed by atoms with Gasteiger partial charge >= 0.3 is 0 Å². The quantitative estimate of drug-likeness (QED) is 0.801. The van der Waals surface area contributed by atoms with E-state index in [-0.39, 0.29) is 5.41 Å². The molecule has 1 rings (SSSR count). The molecule has 0 saturated heterocycles. The Morgan fingerprint density at radius 2 is 2.00 bits per heavy atom. The Morgan fingerprint density at radius 1 is 1.31 bits per heavy atom. The summed E-state index contributed by atoms with van der Waals surface area (Å²) in [6.45, 7) is 7.56. The SMILES string of the molecule is CCC(C)(C)c1ccc(O)c(CCNC)c1. The summed E-state index contributed by atoms with van der Waals surface area (Å²) in [4.78, 5) is 0. The van der Waals surface area contributed by atoms with Gasteiger partial charge in [-0.1, -0.05) is 32.9 Å². The third-order valence-corrected chi connectivity index (χ3v) is 3.39. The first-order valence-electron chi connectivity index (χ1n) is 5.98. The number of hydrogen-bond acceptors (Lipinski definition) is 2. The first-order valence-corrected chi connectivity index (χ1v) is 5.98. The van der Waals surface area contributed by atoms with Crippen LogP contribution in [-0.4, -0.2) is 18.7 Å². The highest BCUT2D eigenvalue weighted by atomic mass is 16.3. The van der Waals surface area contributed by atoms with Crippen LogP contribution < -0.4 is 5.32 Å². The predicted molar refractivity (Wildman–Crippen MR) is 69.1 cm³/mol. The summed E-state index contributed by atoms with van der Waals surface area (Å²) >= 11 is 0. The van der Waals surface area contributed by atoms with Crippen LogP contribution in [0.5, 0.6) is 5.75 Å². The van der Waals surface area contributed by atoms with Crippen molar-refractivity contribution in [2.24, 2.45) is 0 Å². The van der Waals surface area contributed by atoms with Crippen molar-refractivity contribution < 1.29 is 5.11 Å². The highest BCUT2D eigenvalue weighted by Crippen LogP contribution is 2.30. The molecular formula is C14H23NO. The molecule has 1 aromatic carbocycles. The number of benzene rings is 1. The zero-order valence-corrected chi connectivity index (χ0v) is 10.8. The van der Waals surface area contributed by atoms with Crippen LogP contribution >= 0.6 is 0 Å². The van der Waals surface area contributed by atoms with Gasteiger partial charge in [-0.25, -0.2) is 0 Å². The number of hydrogen-bond donors (Lipinski definition) is 2. The van der Waals surface area contributed by atoms with E-state index in [9.17, 15) is 5.11 Å². The van der Waals surface area contributed by atoms with Crippen molar-refractivity contribution in [2.45, 2.75) is 39.0 Å². The second-order valence-electron chi connectivity index (χ2n) is 4.93. The molecule has 90 valence electrons. The zero-order valence-electron chi connectivity index (χ0n) is 10.8. The van der Waals surface area contributed by atoms with Gasteiger partial charge in [-0.15, -0.1) is 0 Å². The Bertz CT molecular complexity index is 345. The first-order chi connectivity index (χ1) is 7.51. The van der Waals surface area contributed by atoms with Crippen LogP contribution in [0, 0.1) is 0 Å². The summed E-state index contributed by atoms with van der Waals surface area (Å²) in [5.41, 5.74) is 2.52. The fourth-order valence-corrected chi connectivity index (χ4v) is 1.67. The molecule has 0 heterocycles. The largest absolute Gasteiger partial charge is 0.508 e. The van der Waals surface area contributed by atoms with Gasteiger partial charge in [0.25, 0.3) is 0 Å². The molecule has 0 aromatic heterocycles. The average molecular weight is 221 g/mol. The number of phenolic OH excluding ortho intramolecular Hbond substituents is 1. The standard InChI is InChI=1S/C14H23NO/c1-5-14(2,3)12-6-7-13(16)11(10-12)8-9-15-4/h6-7,10,15-16H,5,8-9H2,1-4H3. The maximum Gasteiger partial charge on any atom is 0.118 e. The molecule has 0 saturated carbocycles. The van der Waals surface area contributed by atoms with Gasteiger partial charge in [0, 0.05) is 0 Å². The van der Waals surface area contributed by atoms with E-state index in [1.807, 2.05) is 19.2 Å². The predicted octanol–water partition coefficient (Wildman–Crippen LogP) is 2.84. The van der Waals surface area contributed by atoms with Gasteiger partial charge in [0.05, 0.1) is 0 Å². The third-order valence-electron chi connectivity index (χ3n) is 3.39. The molecule has 0 bridgehead atoms. The third kappa shape index (κ3) is 2.99. The van der Waals surface area contributed by atoms with Crippen molar-refractivity contribution >= 4 is 0 Å². The van der Waals surface area contributed by atoms with Gasteiger partial charge in [0.1, 0.15) is 5.75 Å². The monoisotopic (exact) mass is 221 g/mol. The van der Waals surface area contributed by atoms with Crippen LogP contribution in [0.25, 0.3) is 0 Å². The van der Waals surface area contributed by atoms with Gasteiger partial charge in [0.2, 0.25) is 0 Å². The fourth-order valence-electron chi connectivity index (χ4n) is 1.67. The van der Waals surface area contributed by atoms with Crippen molar-refractivity contribution in [2.75, 3.05) is 13.6 Å². The molecule has 0 spiro atoms. The molecule has 0 radical (unpaired) electrons. The molecule has 2 nitrogen and oxygen atoms in total. The lowest BCUT2D eigenvalue weighted by Gasteiger charge is -2.24. The van der Waals surface area contributed by atoms with E-state index in [0.717, 1.165) is 24.9 Å². The Balaban J connectivity index is 2.97. The molecule has 0 aliphatic rings. The summed E-state index contributed by atoms with van der Waals surface area (Å²) in [5, 5.41) is 12.9. The second-order valence-corrected chi connectivity index (χ2v) is 4.93. The molecule has 1 aromatic rings. The van der Waals surface area contributed by atoms with E-state index in [0.29, 0.717) is 5.75 Å². The van der Waals surface area contributed by atoms with Crippen molar-refractivity contribution in [3.05, 3.63) is 29.3 Å². The number of likely N-dealkylation sites (N-methyl/N-ethyl adjacent to an activating group) is 1. The van der Waals surface area contributed by atoms with E-state index in [4.69, 9.17) is 0 Å². The summed E-state index contributed by atoms with van der Waals surface area (Å²) in [7, 11) is 1.93. The number of aromatic hydroxyl groups is 1. The van der Waals surface area contributed by atoms with E-state index in [2.05, 4.69) is 32.2 Å². The molecule has 0 atom stereocenters. The van der Waals surface area contributed by atoms with Crippen molar-refractivity contribution in [1.29, 1.82) is 0 Å². The van der Waals surface area contributed by atoms with Gasteiger partial charge in [-0.05, 0) is 49.0 Å². The molecule has 0 fully saturated rings. The van der Waals surface area contributed by atoms with Crippen LogP contribution in [0.1, 0.15) is 38.3 Å². The van der Waals surface area contributed by atoms with Crippen LogP contribution in [0.4, 0.5) is 0 Å². The number of rotatable bonds is 5. The average Bonchev–Trinajstić information content (AvgIpc) is 2.27. The molecule has 16 heavy (non-hydrogen) atoms.